The Balaban J connectivity index is 1.97. The summed E-state index contributed by atoms with van der Waals surface area (Å²) >= 11 is 0. The summed E-state index contributed by atoms with van der Waals surface area (Å²) < 4.78 is 25.5. The number of hydrogen-bond acceptors (Lipinski definition) is 1. The van der Waals surface area contributed by atoms with Crippen LogP contribution in [-0.2, 0) is 4.79 Å². The summed E-state index contributed by atoms with van der Waals surface area (Å²) in [4.78, 5) is 10.6. The second kappa shape index (κ2) is 2.42. The van der Waals surface area contributed by atoms with Gasteiger partial charge in [-0.1, -0.05) is 0 Å². The Morgan fingerprint density at radius 3 is 2.15 bits per heavy atom. The molecule has 2 aliphatic rings. The second-order valence-electron chi connectivity index (χ2n) is 4.31. The lowest BCUT2D eigenvalue weighted by Crippen LogP contribution is -2.27. The number of carboxylic acids is 1. The van der Waals surface area contributed by atoms with Crippen molar-refractivity contribution in [3.05, 3.63) is 0 Å². The van der Waals surface area contributed by atoms with E-state index in [1.165, 1.54) is 0 Å². The van der Waals surface area contributed by atoms with E-state index < -0.39 is 11.9 Å². The summed E-state index contributed by atoms with van der Waals surface area (Å²) in [7, 11) is 0. The molecule has 0 unspecified atom stereocenters. The first-order valence-electron chi connectivity index (χ1n) is 4.56. The van der Waals surface area contributed by atoms with E-state index in [-0.39, 0.29) is 24.2 Å². The molecule has 0 aromatic carbocycles. The summed E-state index contributed by atoms with van der Waals surface area (Å²) in [5, 5.41) is 8.71. The predicted octanol–water partition coefficient (Wildman–Crippen LogP) is 2.29. The lowest BCUT2D eigenvalue weighted by molar-refractivity contribution is -0.140. The van der Waals surface area contributed by atoms with Gasteiger partial charge in [-0.3, -0.25) is 4.79 Å². The number of alkyl halides is 2. The van der Waals surface area contributed by atoms with E-state index in [0.29, 0.717) is 19.3 Å². The first kappa shape index (κ1) is 8.91. The minimum absolute atomic E-state index is 0.128. The van der Waals surface area contributed by atoms with Gasteiger partial charge in [-0.15, -0.1) is 0 Å². The van der Waals surface area contributed by atoms with Gasteiger partial charge in [0.25, 0.3) is 0 Å². The largest absolute Gasteiger partial charge is 0.481 e. The summed E-state index contributed by atoms with van der Waals surface area (Å²) in [6, 6.07) is 0. The van der Waals surface area contributed by atoms with Gasteiger partial charge in [-0.25, -0.2) is 8.78 Å². The van der Waals surface area contributed by atoms with Gasteiger partial charge in [-0.2, -0.15) is 0 Å². The zero-order valence-corrected chi connectivity index (χ0v) is 7.22. The summed E-state index contributed by atoms with van der Waals surface area (Å²) in [5.41, 5.74) is -0.256. The van der Waals surface area contributed by atoms with Crippen LogP contribution in [0.1, 0.15) is 32.1 Å². The molecule has 0 radical (unpaired) electrons. The first-order chi connectivity index (χ1) is 5.95. The van der Waals surface area contributed by atoms with Gasteiger partial charge in [0.05, 0.1) is 5.92 Å². The van der Waals surface area contributed by atoms with Crippen LogP contribution in [0, 0.1) is 11.3 Å². The Kier molecular flexibility index (Phi) is 1.66. The molecular weight excluding hydrogens is 178 g/mol. The van der Waals surface area contributed by atoms with E-state index in [1.807, 2.05) is 0 Å². The summed E-state index contributed by atoms with van der Waals surface area (Å²) in [6.45, 7) is 0. The van der Waals surface area contributed by atoms with Crippen LogP contribution >= 0.6 is 0 Å². The quantitative estimate of drug-likeness (QED) is 0.688. The second-order valence-corrected chi connectivity index (χ2v) is 4.31. The number of halogens is 2. The molecular formula is C9H12F2O2. The number of carbonyl (C=O) groups is 1. The SMILES string of the molecule is O=C(O)[C@H]1CC12CCC(F)(F)CC2. The van der Waals surface area contributed by atoms with Crippen molar-refractivity contribution in [3.63, 3.8) is 0 Å². The van der Waals surface area contributed by atoms with Crippen LogP contribution in [0.5, 0.6) is 0 Å². The fourth-order valence-corrected chi connectivity index (χ4v) is 2.36. The van der Waals surface area contributed by atoms with Crippen molar-refractivity contribution in [2.24, 2.45) is 11.3 Å². The average molecular weight is 190 g/mol. The van der Waals surface area contributed by atoms with Crippen LogP contribution in [0.15, 0.2) is 0 Å². The maximum Gasteiger partial charge on any atom is 0.307 e. The Hall–Kier alpha value is -0.670. The van der Waals surface area contributed by atoms with Gasteiger partial charge in [0.2, 0.25) is 5.92 Å². The molecule has 0 aromatic rings. The standard InChI is InChI=1S/C9H12F2O2/c10-9(11)3-1-8(2-4-9)5-6(8)7(12)13/h6H,1-5H2,(H,12,13)/t6-/m1/s1. The monoisotopic (exact) mass is 190 g/mol. The van der Waals surface area contributed by atoms with E-state index in [0.717, 1.165) is 0 Å². The molecule has 0 bridgehead atoms. The van der Waals surface area contributed by atoms with Gasteiger partial charge in [0, 0.05) is 12.8 Å². The molecule has 2 aliphatic carbocycles. The maximum absolute atomic E-state index is 12.8. The highest BCUT2D eigenvalue weighted by molar-refractivity contribution is 5.74. The third kappa shape index (κ3) is 1.42. The Morgan fingerprint density at radius 1 is 1.23 bits per heavy atom. The minimum atomic E-state index is -2.54. The molecule has 2 nitrogen and oxygen atoms in total. The highest BCUT2D eigenvalue weighted by atomic mass is 19.3. The molecule has 2 rings (SSSR count). The van der Waals surface area contributed by atoms with Crippen molar-refractivity contribution in [1.82, 2.24) is 0 Å². The maximum atomic E-state index is 12.8. The minimum Gasteiger partial charge on any atom is -0.481 e. The number of hydrogen-bond donors (Lipinski definition) is 1. The van der Waals surface area contributed by atoms with Gasteiger partial charge in [-0.05, 0) is 24.7 Å². The van der Waals surface area contributed by atoms with Gasteiger partial charge in [0.15, 0.2) is 0 Å². The van der Waals surface area contributed by atoms with Gasteiger partial charge >= 0.3 is 5.97 Å². The molecule has 1 N–H and O–H groups in total. The van der Waals surface area contributed by atoms with Crippen LogP contribution in [0.3, 0.4) is 0 Å². The number of aliphatic carboxylic acids is 1. The molecule has 0 heterocycles. The van der Waals surface area contributed by atoms with Crippen molar-refractivity contribution in [1.29, 1.82) is 0 Å². The van der Waals surface area contributed by atoms with Crippen molar-refractivity contribution < 1.29 is 18.7 Å². The molecule has 1 atom stereocenters. The smallest absolute Gasteiger partial charge is 0.307 e. The van der Waals surface area contributed by atoms with Crippen LogP contribution < -0.4 is 0 Å². The van der Waals surface area contributed by atoms with Crippen molar-refractivity contribution >= 4 is 5.97 Å². The molecule has 2 fully saturated rings. The number of carboxylic acid groups (broad SMARTS) is 1. The van der Waals surface area contributed by atoms with E-state index in [2.05, 4.69) is 0 Å². The predicted molar refractivity (Wildman–Crippen MR) is 41.6 cm³/mol. The zero-order chi connectivity index (χ0) is 9.69. The molecule has 4 heteroatoms. The van der Waals surface area contributed by atoms with Crippen molar-refractivity contribution in [2.45, 2.75) is 38.0 Å². The lowest BCUT2D eigenvalue weighted by Gasteiger charge is -2.28. The third-order valence-corrected chi connectivity index (χ3v) is 3.47. The van der Waals surface area contributed by atoms with Crippen LogP contribution in [0.4, 0.5) is 8.78 Å². The van der Waals surface area contributed by atoms with Gasteiger partial charge in [0.1, 0.15) is 0 Å². The molecule has 0 aromatic heterocycles. The van der Waals surface area contributed by atoms with Gasteiger partial charge < -0.3 is 5.11 Å². The highest BCUT2D eigenvalue weighted by Crippen LogP contribution is 2.63. The van der Waals surface area contributed by atoms with Crippen LogP contribution in [-0.4, -0.2) is 17.0 Å². The zero-order valence-electron chi connectivity index (χ0n) is 7.22. The topological polar surface area (TPSA) is 37.3 Å². The molecule has 13 heavy (non-hydrogen) atoms. The average Bonchev–Trinajstić information content (AvgIpc) is 2.72. The first-order valence-corrected chi connectivity index (χ1v) is 4.56. The Labute approximate surface area is 74.9 Å². The van der Waals surface area contributed by atoms with E-state index in [4.69, 9.17) is 5.11 Å². The van der Waals surface area contributed by atoms with E-state index in [1.54, 1.807) is 0 Å². The van der Waals surface area contributed by atoms with Crippen LogP contribution in [0.2, 0.25) is 0 Å². The molecule has 0 saturated heterocycles. The molecule has 1 spiro atoms. The van der Waals surface area contributed by atoms with E-state index >= 15 is 0 Å². The van der Waals surface area contributed by atoms with Crippen LogP contribution in [0.25, 0.3) is 0 Å². The molecule has 0 amide bonds. The summed E-state index contributed by atoms with van der Waals surface area (Å²) in [5.74, 6) is -3.70. The molecule has 74 valence electrons. The lowest BCUT2D eigenvalue weighted by atomic mass is 9.82. The third-order valence-electron chi connectivity index (χ3n) is 3.47. The summed E-state index contributed by atoms with van der Waals surface area (Å²) in [6.07, 6.45) is 1.12. The normalized spacial score (nSPS) is 34.5. The molecule has 2 saturated carbocycles. The van der Waals surface area contributed by atoms with Crippen molar-refractivity contribution in [2.75, 3.05) is 0 Å². The van der Waals surface area contributed by atoms with E-state index in [9.17, 15) is 13.6 Å². The number of rotatable bonds is 1. The Bertz CT molecular complexity index is 240. The fourth-order valence-electron chi connectivity index (χ4n) is 2.36. The highest BCUT2D eigenvalue weighted by Gasteiger charge is 2.61. The van der Waals surface area contributed by atoms with Crippen molar-refractivity contribution in [3.8, 4) is 0 Å². The fraction of sp³-hybridized carbons (Fsp3) is 0.889. The Morgan fingerprint density at radius 2 is 1.77 bits per heavy atom. The molecule has 0 aliphatic heterocycles.